The molecule has 7 nitrogen and oxygen atoms in total. The van der Waals surface area contributed by atoms with Crippen molar-refractivity contribution in [3.05, 3.63) is 68.2 Å². The molecular weight excluding hydrogens is 375 g/mol. The maximum atomic E-state index is 12.1. The van der Waals surface area contributed by atoms with Gasteiger partial charge in [-0.15, -0.1) is 0 Å². The molecule has 0 fully saturated rings. The molecule has 0 aromatic heterocycles. The average Bonchev–Trinajstić information content (AvgIpc) is 2.52. The van der Waals surface area contributed by atoms with Crippen molar-refractivity contribution >= 4 is 57.8 Å². The van der Waals surface area contributed by atoms with Crippen molar-refractivity contribution in [3.63, 3.8) is 0 Å². The highest BCUT2D eigenvalue weighted by Crippen LogP contribution is 2.22. The van der Waals surface area contributed by atoms with E-state index in [1.54, 1.807) is 24.3 Å². The Balaban J connectivity index is 2.02. The van der Waals surface area contributed by atoms with Crippen LogP contribution in [0, 0.1) is 10.1 Å². The summed E-state index contributed by atoms with van der Waals surface area (Å²) in [4.78, 5) is 22.4. The lowest BCUT2D eigenvalue weighted by Gasteiger charge is -2.12. The molecule has 0 radical (unpaired) electrons. The fraction of sp³-hybridized carbons (Fsp3) is 0. The minimum Gasteiger partial charge on any atom is -0.331 e. The Labute approximate surface area is 152 Å². The molecule has 24 heavy (non-hydrogen) atoms. The minimum absolute atomic E-state index is 0.0790. The van der Waals surface area contributed by atoms with Gasteiger partial charge in [-0.05, 0) is 42.5 Å². The molecule has 0 atom stereocenters. The first-order valence-corrected chi connectivity index (χ1v) is 7.60. The first kappa shape index (κ1) is 17.9. The first-order chi connectivity index (χ1) is 11.4. The van der Waals surface area contributed by atoms with Gasteiger partial charge < -0.3 is 5.32 Å². The highest BCUT2D eigenvalue weighted by atomic mass is 35.5. The largest absolute Gasteiger partial charge is 0.331 e. The van der Waals surface area contributed by atoms with Crippen LogP contribution < -0.4 is 16.2 Å². The molecule has 0 spiro atoms. The number of nitro groups is 1. The van der Waals surface area contributed by atoms with Gasteiger partial charge in [-0.2, -0.15) is 0 Å². The number of amides is 1. The molecule has 0 saturated carbocycles. The van der Waals surface area contributed by atoms with E-state index in [-0.39, 0.29) is 21.4 Å². The fourth-order valence-corrected chi connectivity index (χ4v) is 2.29. The smallest absolute Gasteiger partial charge is 0.282 e. The standard InChI is InChI=1S/C14H10Cl2N4O3S/c15-8-2-1-3-10(6-8)17-14(24)19-18-13(21)11-7-9(16)4-5-12(11)20(22)23/h1-7H,(H,18,21)(H2,17,19,24). The van der Waals surface area contributed by atoms with E-state index in [0.29, 0.717) is 10.7 Å². The third-order valence-corrected chi connectivity index (χ3v) is 3.45. The SMILES string of the molecule is O=C(NNC(=S)Nc1cccc(Cl)c1)c1cc(Cl)ccc1[N+](=O)[O-]. The number of halogens is 2. The van der Waals surface area contributed by atoms with Gasteiger partial charge in [0.25, 0.3) is 11.6 Å². The van der Waals surface area contributed by atoms with E-state index in [1.807, 2.05) is 0 Å². The molecule has 10 heteroatoms. The van der Waals surface area contributed by atoms with E-state index in [1.165, 1.54) is 12.1 Å². The molecule has 1 amide bonds. The molecule has 0 aliphatic carbocycles. The van der Waals surface area contributed by atoms with Crippen molar-refractivity contribution in [2.24, 2.45) is 0 Å². The lowest BCUT2D eigenvalue weighted by atomic mass is 10.2. The van der Waals surface area contributed by atoms with Crippen molar-refractivity contribution in [3.8, 4) is 0 Å². The Bertz CT molecular complexity index is 816. The van der Waals surface area contributed by atoms with Crippen LogP contribution in [0.4, 0.5) is 11.4 Å². The molecule has 0 saturated heterocycles. The number of rotatable bonds is 3. The molecule has 2 aromatic carbocycles. The minimum atomic E-state index is -0.751. The predicted molar refractivity (Wildman–Crippen MR) is 96.4 cm³/mol. The summed E-state index contributed by atoms with van der Waals surface area (Å²) in [6, 6.07) is 10.5. The average molecular weight is 385 g/mol. The maximum Gasteiger partial charge on any atom is 0.282 e. The zero-order chi connectivity index (χ0) is 17.7. The monoisotopic (exact) mass is 384 g/mol. The van der Waals surface area contributed by atoms with Gasteiger partial charge in [0.05, 0.1) is 4.92 Å². The lowest BCUT2D eigenvalue weighted by Crippen LogP contribution is -2.43. The summed E-state index contributed by atoms with van der Waals surface area (Å²) in [6.07, 6.45) is 0. The van der Waals surface area contributed by atoms with Crippen LogP contribution in [0.5, 0.6) is 0 Å². The van der Waals surface area contributed by atoms with Gasteiger partial charge in [-0.1, -0.05) is 29.3 Å². The molecule has 0 aliphatic rings. The van der Waals surface area contributed by atoms with Gasteiger partial charge in [0.15, 0.2) is 5.11 Å². The van der Waals surface area contributed by atoms with Crippen LogP contribution in [0.15, 0.2) is 42.5 Å². The van der Waals surface area contributed by atoms with Crippen molar-refractivity contribution in [1.82, 2.24) is 10.9 Å². The molecular formula is C14H10Cl2N4O3S. The van der Waals surface area contributed by atoms with Crippen molar-refractivity contribution in [2.75, 3.05) is 5.32 Å². The Morgan fingerprint density at radius 1 is 1.08 bits per heavy atom. The van der Waals surface area contributed by atoms with E-state index in [2.05, 4.69) is 16.2 Å². The number of nitrogens with one attached hydrogen (secondary N) is 3. The van der Waals surface area contributed by atoms with Crippen LogP contribution in [-0.2, 0) is 0 Å². The van der Waals surface area contributed by atoms with E-state index in [4.69, 9.17) is 35.4 Å². The third-order valence-electron chi connectivity index (χ3n) is 2.77. The number of carbonyl (C=O) groups excluding carboxylic acids is 1. The van der Waals surface area contributed by atoms with Gasteiger partial charge in [0.1, 0.15) is 5.56 Å². The predicted octanol–water partition coefficient (Wildman–Crippen LogP) is 3.53. The second kappa shape index (κ2) is 7.91. The van der Waals surface area contributed by atoms with E-state index < -0.39 is 10.8 Å². The maximum absolute atomic E-state index is 12.1. The normalized spacial score (nSPS) is 9.92. The summed E-state index contributed by atoms with van der Waals surface area (Å²) >= 11 is 16.6. The Morgan fingerprint density at radius 3 is 2.46 bits per heavy atom. The van der Waals surface area contributed by atoms with Crippen LogP contribution in [-0.4, -0.2) is 15.9 Å². The van der Waals surface area contributed by atoms with E-state index >= 15 is 0 Å². The number of hydrogen-bond acceptors (Lipinski definition) is 4. The van der Waals surface area contributed by atoms with Crippen LogP contribution in [0.2, 0.25) is 10.0 Å². The summed E-state index contributed by atoms with van der Waals surface area (Å²) in [7, 11) is 0. The van der Waals surface area contributed by atoms with Crippen molar-refractivity contribution < 1.29 is 9.72 Å². The van der Waals surface area contributed by atoms with E-state index in [0.717, 1.165) is 6.07 Å². The number of nitro benzene ring substituents is 1. The summed E-state index contributed by atoms with van der Waals surface area (Å²) in [5.41, 5.74) is 4.77. The number of hydrogen-bond donors (Lipinski definition) is 3. The summed E-state index contributed by atoms with van der Waals surface area (Å²) in [6.45, 7) is 0. The van der Waals surface area contributed by atoms with Gasteiger partial charge in [-0.25, -0.2) is 0 Å². The van der Waals surface area contributed by atoms with Gasteiger partial charge in [0.2, 0.25) is 0 Å². The van der Waals surface area contributed by atoms with Crippen molar-refractivity contribution in [1.29, 1.82) is 0 Å². The van der Waals surface area contributed by atoms with Crippen LogP contribution >= 0.6 is 35.4 Å². The molecule has 0 bridgehead atoms. The summed E-state index contributed by atoms with van der Waals surface area (Å²) < 4.78 is 0. The highest BCUT2D eigenvalue weighted by molar-refractivity contribution is 7.80. The van der Waals surface area contributed by atoms with E-state index in [9.17, 15) is 14.9 Å². The zero-order valence-corrected chi connectivity index (χ0v) is 14.2. The van der Waals surface area contributed by atoms with Gasteiger partial charge >= 0.3 is 0 Å². The highest BCUT2D eigenvalue weighted by Gasteiger charge is 2.20. The summed E-state index contributed by atoms with van der Waals surface area (Å²) in [5, 5.41) is 14.6. The quantitative estimate of drug-likeness (QED) is 0.425. The third kappa shape index (κ3) is 4.79. The molecule has 0 heterocycles. The summed E-state index contributed by atoms with van der Waals surface area (Å²) in [5.74, 6) is -0.751. The fourth-order valence-electron chi connectivity index (χ4n) is 1.76. The topological polar surface area (TPSA) is 96.3 Å². The molecule has 2 aromatic rings. The zero-order valence-electron chi connectivity index (χ0n) is 11.9. The molecule has 0 unspecified atom stereocenters. The second-order valence-corrected chi connectivity index (χ2v) is 5.74. The molecule has 3 N–H and O–H groups in total. The van der Waals surface area contributed by atoms with Crippen LogP contribution in [0.3, 0.4) is 0 Å². The number of hydrazine groups is 1. The number of benzene rings is 2. The molecule has 2 rings (SSSR count). The van der Waals surface area contributed by atoms with Crippen LogP contribution in [0.1, 0.15) is 10.4 Å². The van der Waals surface area contributed by atoms with Crippen LogP contribution in [0.25, 0.3) is 0 Å². The lowest BCUT2D eigenvalue weighted by molar-refractivity contribution is -0.385. The van der Waals surface area contributed by atoms with Gasteiger partial charge in [-0.3, -0.25) is 25.8 Å². The van der Waals surface area contributed by atoms with Crippen molar-refractivity contribution in [2.45, 2.75) is 0 Å². The number of carbonyl (C=O) groups is 1. The molecule has 0 aliphatic heterocycles. The second-order valence-electron chi connectivity index (χ2n) is 4.46. The number of nitrogens with zero attached hydrogens (tertiary/aromatic N) is 1. The first-order valence-electron chi connectivity index (χ1n) is 6.43. The molecule has 124 valence electrons. The van der Waals surface area contributed by atoms with Gasteiger partial charge in [0, 0.05) is 21.8 Å². The number of anilines is 1. The Hall–Kier alpha value is -2.42. The Morgan fingerprint density at radius 2 is 1.79 bits per heavy atom. The Kier molecular flexibility index (Phi) is 5.91. The number of thiocarbonyl (C=S) groups is 1.